The van der Waals surface area contributed by atoms with Crippen LogP contribution >= 0.6 is 0 Å². The third-order valence-electron chi connectivity index (χ3n) is 3.35. The van der Waals surface area contributed by atoms with Crippen LogP contribution in [0.1, 0.15) is 38.2 Å². The fourth-order valence-electron chi connectivity index (χ4n) is 2.17. The molecule has 0 bridgehead atoms. The van der Waals surface area contributed by atoms with E-state index in [1.54, 1.807) is 0 Å². The molecule has 0 spiro atoms. The molecule has 0 saturated carbocycles. The number of carbonyl (C=O) groups is 1. The van der Waals surface area contributed by atoms with Gasteiger partial charge in [0.25, 0.3) is 0 Å². The zero-order chi connectivity index (χ0) is 13.0. The van der Waals surface area contributed by atoms with Crippen molar-refractivity contribution in [2.45, 2.75) is 32.6 Å². The number of carbonyl (C=O) groups excluding carboxylic acids is 1. The van der Waals surface area contributed by atoms with E-state index in [2.05, 4.69) is 25.2 Å². The molecule has 1 N–H and O–H groups in total. The molecule has 1 aromatic rings. The highest BCUT2D eigenvalue weighted by atomic mass is 16.5. The van der Waals surface area contributed by atoms with Gasteiger partial charge in [-0.2, -0.15) is 0 Å². The molecule has 0 aromatic heterocycles. The quantitative estimate of drug-likeness (QED) is 0.891. The predicted molar refractivity (Wildman–Crippen MR) is 72.7 cm³/mol. The van der Waals surface area contributed by atoms with Crippen molar-refractivity contribution >= 4 is 11.6 Å². The fraction of sp³-hybridized carbons (Fsp3) is 0.533. The number of rotatable bonds is 3. The van der Waals surface area contributed by atoms with E-state index in [0.717, 1.165) is 25.1 Å². The first kappa shape index (κ1) is 13.1. The van der Waals surface area contributed by atoms with E-state index in [1.165, 1.54) is 5.56 Å². The van der Waals surface area contributed by atoms with Gasteiger partial charge in [-0.25, -0.2) is 0 Å². The second-order valence-corrected chi connectivity index (χ2v) is 5.18. The van der Waals surface area contributed by atoms with E-state index in [0.29, 0.717) is 12.5 Å². The molecule has 98 valence electrons. The maximum atomic E-state index is 12.1. The van der Waals surface area contributed by atoms with Gasteiger partial charge >= 0.3 is 0 Å². The van der Waals surface area contributed by atoms with E-state index >= 15 is 0 Å². The number of benzene rings is 1. The Kier molecular flexibility index (Phi) is 4.37. The summed E-state index contributed by atoms with van der Waals surface area (Å²) in [5.74, 6) is 0.553. The summed E-state index contributed by atoms with van der Waals surface area (Å²) in [4.78, 5) is 12.1. The Morgan fingerprint density at radius 1 is 1.44 bits per heavy atom. The average Bonchev–Trinajstić information content (AvgIpc) is 2.40. The van der Waals surface area contributed by atoms with Gasteiger partial charge in [-0.15, -0.1) is 0 Å². The van der Waals surface area contributed by atoms with E-state index < -0.39 is 0 Å². The molecule has 0 aliphatic carbocycles. The van der Waals surface area contributed by atoms with E-state index in [9.17, 15) is 4.79 Å². The fourth-order valence-corrected chi connectivity index (χ4v) is 2.17. The molecule has 1 aromatic carbocycles. The Hall–Kier alpha value is -1.35. The van der Waals surface area contributed by atoms with Gasteiger partial charge < -0.3 is 10.1 Å². The second kappa shape index (κ2) is 6.01. The van der Waals surface area contributed by atoms with Gasteiger partial charge in [0.15, 0.2) is 0 Å². The Morgan fingerprint density at radius 2 is 2.28 bits per heavy atom. The zero-order valence-corrected chi connectivity index (χ0v) is 11.1. The Morgan fingerprint density at radius 3 is 2.94 bits per heavy atom. The summed E-state index contributed by atoms with van der Waals surface area (Å²) in [7, 11) is 0. The van der Waals surface area contributed by atoms with Crippen molar-refractivity contribution < 1.29 is 9.53 Å². The minimum Gasteiger partial charge on any atom is -0.381 e. The molecule has 1 amide bonds. The molecule has 1 aliphatic heterocycles. The first-order valence-electron chi connectivity index (χ1n) is 6.65. The van der Waals surface area contributed by atoms with Crippen LogP contribution in [0.25, 0.3) is 0 Å². The van der Waals surface area contributed by atoms with Crippen LogP contribution in [0.15, 0.2) is 24.3 Å². The Labute approximate surface area is 109 Å². The number of nitrogens with one attached hydrogen (secondary N) is 1. The molecular weight excluding hydrogens is 226 g/mol. The molecule has 1 unspecified atom stereocenters. The summed E-state index contributed by atoms with van der Waals surface area (Å²) in [6, 6.07) is 8.06. The van der Waals surface area contributed by atoms with Crippen LogP contribution in [0.5, 0.6) is 0 Å². The minimum absolute atomic E-state index is 0.00135. The van der Waals surface area contributed by atoms with Crippen molar-refractivity contribution in [1.82, 2.24) is 0 Å². The molecule has 2 rings (SSSR count). The first-order valence-corrected chi connectivity index (χ1v) is 6.65. The van der Waals surface area contributed by atoms with E-state index in [-0.39, 0.29) is 11.8 Å². The van der Waals surface area contributed by atoms with E-state index in [1.807, 2.05) is 18.2 Å². The summed E-state index contributed by atoms with van der Waals surface area (Å²) in [5.41, 5.74) is 2.13. The lowest BCUT2D eigenvalue weighted by Crippen LogP contribution is -2.30. The summed E-state index contributed by atoms with van der Waals surface area (Å²) in [5, 5.41) is 2.99. The van der Waals surface area contributed by atoms with Gasteiger partial charge in [0.1, 0.15) is 0 Å². The van der Waals surface area contributed by atoms with Crippen LogP contribution in [-0.2, 0) is 9.53 Å². The summed E-state index contributed by atoms with van der Waals surface area (Å²) >= 11 is 0. The SMILES string of the molecule is CC(C)c1cccc(NC(=O)C2CCCOC2)c1. The van der Waals surface area contributed by atoms with Crippen molar-refractivity contribution in [3.8, 4) is 0 Å². The number of amides is 1. The van der Waals surface area contributed by atoms with Crippen LogP contribution in [0.3, 0.4) is 0 Å². The highest BCUT2D eigenvalue weighted by Crippen LogP contribution is 2.20. The lowest BCUT2D eigenvalue weighted by molar-refractivity contribution is -0.123. The van der Waals surface area contributed by atoms with Crippen LogP contribution in [0.2, 0.25) is 0 Å². The maximum Gasteiger partial charge on any atom is 0.229 e. The zero-order valence-electron chi connectivity index (χ0n) is 11.1. The number of hydrogen-bond donors (Lipinski definition) is 1. The third kappa shape index (κ3) is 3.33. The summed E-state index contributed by atoms with van der Waals surface area (Å²) in [6.45, 7) is 5.63. The van der Waals surface area contributed by atoms with Crippen molar-refractivity contribution in [2.24, 2.45) is 5.92 Å². The largest absolute Gasteiger partial charge is 0.381 e. The van der Waals surface area contributed by atoms with Gasteiger partial charge in [0, 0.05) is 12.3 Å². The topological polar surface area (TPSA) is 38.3 Å². The van der Waals surface area contributed by atoms with Crippen LogP contribution in [0.4, 0.5) is 5.69 Å². The van der Waals surface area contributed by atoms with Crippen LogP contribution < -0.4 is 5.32 Å². The molecule has 1 saturated heterocycles. The highest BCUT2D eigenvalue weighted by Gasteiger charge is 2.21. The summed E-state index contributed by atoms with van der Waals surface area (Å²) in [6.07, 6.45) is 1.90. The standard InChI is InChI=1S/C15H21NO2/c1-11(2)12-5-3-7-14(9-12)16-15(17)13-6-4-8-18-10-13/h3,5,7,9,11,13H,4,6,8,10H2,1-2H3,(H,16,17). The van der Waals surface area contributed by atoms with Gasteiger partial charge in [-0.05, 0) is 36.5 Å². The maximum absolute atomic E-state index is 12.1. The molecule has 1 fully saturated rings. The number of ether oxygens (including phenoxy) is 1. The van der Waals surface area contributed by atoms with Crippen LogP contribution in [0, 0.1) is 5.92 Å². The molecule has 1 aliphatic rings. The third-order valence-corrected chi connectivity index (χ3v) is 3.35. The molecule has 1 atom stereocenters. The Bertz CT molecular complexity index is 409. The number of anilines is 1. The summed E-state index contributed by atoms with van der Waals surface area (Å²) < 4.78 is 5.34. The van der Waals surface area contributed by atoms with Gasteiger partial charge in [-0.1, -0.05) is 26.0 Å². The second-order valence-electron chi connectivity index (χ2n) is 5.18. The molecule has 1 heterocycles. The smallest absolute Gasteiger partial charge is 0.229 e. The normalized spacial score (nSPS) is 19.8. The Balaban J connectivity index is 1.99. The molecule has 3 heteroatoms. The van der Waals surface area contributed by atoms with Gasteiger partial charge in [0.05, 0.1) is 12.5 Å². The van der Waals surface area contributed by atoms with Crippen molar-refractivity contribution in [3.63, 3.8) is 0 Å². The van der Waals surface area contributed by atoms with Gasteiger partial charge in [0.2, 0.25) is 5.91 Å². The average molecular weight is 247 g/mol. The monoisotopic (exact) mass is 247 g/mol. The first-order chi connectivity index (χ1) is 8.66. The van der Waals surface area contributed by atoms with E-state index in [4.69, 9.17) is 4.74 Å². The van der Waals surface area contributed by atoms with Crippen molar-refractivity contribution in [3.05, 3.63) is 29.8 Å². The molecule has 3 nitrogen and oxygen atoms in total. The van der Waals surface area contributed by atoms with Crippen molar-refractivity contribution in [1.29, 1.82) is 0 Å². The lowest BCUT2D eigenvalue weighted by atomic mass is 10.0. The molecule has 0 radical (unpaired) electrons. The van der Waals surface area contributed by atoms with Crippen LogP contribution in [-0.4, -0.2) is 19.1 Å². The number of hydrogen-bond acceptors (Lipinski definition) is 2. The minimum atomic E-state index is 0.00135. The lowest BCUT2D eigenvalue weighted by Gasteiger charge is -2.21. The molecular formula is C15H21NO2. The van der Waals surface area contributed by atoms with Crippen molar-refractivity contribution in [2.75, 3.05) is 18.5 Å². The predicted octanol–water partition coefficient (Wildman–Crippen LogP) is 3.18. The highest BCUT2D eigenvalue weighted by molar-refractivity contribution is 5.92. The molecule has 18 heavy (non-hydrogen) atoms. The van der Waals surface area contributed by atoms with Gasteiger partial charge in [-0.3, -0.25) is 4.79 Å².